The number of carbonyl (C=O) groups excluding carboxylic acids is 11. The van der Waals surface area contributed by atoms with Crippen LogP contribution in [0.5, 0.6) is 5.75 Å². The van der Waals surface area contributed by atoms with Crippen molar-refractivity contribution >= 4 is 108 Å². The number of aromatic nitrogens is 2. The maximum atomic E-state index is 14.3. The van der Waals surface area contributed by atoms with E-state index in [1.165, 1.54) is 62.4 Å². The lowest BCUT2D eigenvalue weighted by Gasteiger charge is -2.29. The van der Waals surface area contributed by atoms with Crippen LogP contribution < -0.4 is 65.1 Å². The normalized spacial score (nSPS) is 15.2. The summed E-state index contributed by atoms with van der Waals surface area (Å²) in [5.74, 6) is -13.3. The molecule has 19 N–H and O–H groups in total. The van der Waals surface area contributed by atoms with E-state index in [1.807, 2.05) is 0 Å². The Labute approximate surface area is 489 Å². The molecule has 11 amide bonds. The Morgan fingerprint density at radius 3 is 1.56 bits per heavy atom. The molecule has 0 bridgehead atoms. The molecule has 11 atom stereocenters. The van der Waals surface area contributed by atoms with E-state index in [9.17, 15) is 72.9 Å². The zero-order chi connectivity index (χ0) is 62.0. The molecule has 2 rings (SSSR count). The van der Waals surface area contributed by atoms with Crippen LogP contribution in [0.1, 0.15) is 78.0 Å². The smallest absolute Gasteiger partial charge is 0.327 e. The van der Waals surface area contributed by atoms with E-state index in [0.29, 0.717) is 17.0 Å². The van der Waals surface area contributed by atoms with Gasteiger partial charge in [-0.2, -0.15) is 37.0 Å². The Hall–Kier alpha value is -7.16. The third-order valence-electron chi connectivity index (χ3n) is 12.2. The molecule has 0 unspecified atom stereocenters. The number of aliphatic hydroxyl groups excluding tert-OH is 1. The number of primary amides is 2. The van der Waals surface area contributed by atoms with Crippen LogP contribution in [-0.4, -0.2) is 186 Å². The molecule has 1 heterocycles. The van der Waals surface area contributed by atoms with E-state index in [1.54, 1.807) is 20.1 Å². The molecular formula is C50H78N14O15S3. The summed E-state index contributed by atoms with van der Waals surface area (Å²) in [7, 11) is 0. The van der Waals surface area contributed by atoms with Gasteiger partial charge in [0.2, 0.25) is 65.0 Å². The Balaban J connectivity index is 2.47. The summed E-state index contributed by atoms with van der Waals surface area (Å²) in [6.07, 6.45) is 0.734. The topological polar surface area (TPSA) is 481 Å². The lowest BCUT2D eigenvalue weighted by molar-refractivity contribution is -0.141. The van der Waals surface area contributed by atoms with Crippen LogP contribution >= 0.6 is 37.0 Å². The van der Waals surface area contributed by atoms with Crippen molar-refractivity contribution in [1.82, 2.24) is 57.8 Å². The van der Waals surface area contributed by atoms with Gasteiger partial charge in [-0.15, -0.1) is 0 Å². The number of phenolic OH excluding ortho intramolecular Hbond substituents is 1. The number of thiol groups is 2. The molecule has 0 spiro atoms. The monoisotopic (exact) mass is 1210 g/mol. The molecule has 0 radical (unpaired) electrons. The van der Waals surface area contributed by atoms with Gasteiger partial charge < -0.3 is 85.4 Å². The summed E-state index contributed by atoms with van der Waals surface area (Å²) in [5, 5.41) is 52.0. The minimum absolute atomic E-state index is 0.0158. The summed E-state index contributed by atoms with van der Waals surface area (Å²) in [6.45, 7) is 7.63. The number of carboxylic acids is 1. The second-order valence-electron chi connectivity index (χ2n) is 19.9. The van der Waals surface area contributed by atoms with Crippen molar-refractivity contribution in [2.75, 3.05) is 23.5 Å². The maximum absolute atomic E-state index is 14.3. The standard InChI is InChI=1S/C50H78N14O15S3/c1-23(2)15-32(58-42(70)30(11-12-37(52)67)57-48(76)39(24(3)4)63-47(75)35(18-38(53)68)61-49(77)40(25(5)65)64-41(69)29(51)20-80)44(72)56-31(13-14-82-6)43(71)60-34(17-27-19-54-22-55-27)46(74)59-33(16-26-7-9-28(66)10-8-26)45(73)62-36(21-81)50(78)79/h7-10,19,22-25,29-36,39-40,65-66,80-81H,11-18,20-21,51H2,1-6H3,(H2,52,67)(H2,53,68)(H,54,55)(H,56,72)(H,57,76)(H,58,70)(H,59,74)(H,60,71)(H,61,77)(H,62,73)(H,63,75)(H,64,69)(H,78,79)/t25-,29+,30+,31+,32+,33+,34+,35+,36+,39+,40+/m1/s1. The van der Waals surface area contributed by atoms with Crippen LogP contribution in [0.15, 0.2) is 36.8 Å². The lowest BCUT2D eigenvalue weighted by Crippen LogP contribution is -2.62. The van der Waals surface area contributed by atoms with Crippen molar-refractivity contribution in [2.24, 2.45) is 29.0 Å². The number of nitrogens with one attached hydrogen (secondary N) is 10. The summed E-state index contributed by atoms with van der Waals surface area (Å²) in [5.41, 5.74) is 17.3. The van der Waals surface area contributed by atoms with Crippen molar-refractivity contribution in [3.8, 4) is 5.75 Å². The van der Waals surface area contributed by atoms with E-state index < -0.39 is 163 Å². The first-order valence-electron chi connectivity index (χ1n) is 25.9. The number of hydrogen-bond acceptors (Lipinski definition) is 19. The number of H-pyrrole nitrogens is 1. The van der Waals surface area contributed by atoms with Gasteiger partial charge in [0, 0.05) is 42.7 Å². The summed E-state index contributed by atoms with van der Waals surface area (Å²) in [4.78, 5) is 167. The van der Waals surface area contributed by atoms with Gasteiger partial charge in [0.15, 0.2) is 0 Å². The number of hydrogen-bond donors (Lipinski definition) is 18. The van der Waals surface area contributed by atoms with Crippen LogP contribution in [0.3, 0.4) is 0 Å². The number of imidazole rings is 1. The van der Waals surface area contributed by atoms with Gasteiger partial charge in [0.25, 0.3) is 0 Å². The molecule has 32 heteroatoms. The fourth-order valence-corrected chi connectivity index (χ4v) is 8.57. The molecule has 0 saturated heterocycles. The van der Waals surface area contributed by atoms with Gasteiger partial charge >= 0.3 is 5.97 Å². The number of aliphatic hydroxyl groups is 1. The number of rotatable bonds is 37. The molecule has 29 nitrogen and oxygen atoms in total. The highest BCUT2D eigenvalue weighted by atomic mass is 32.2. The number of benzene rings is 1. The van der Waals surface area contributed by atoms with Crippen molar-refractivity contribution in [1.29, 1.82) is 0 Å². The van der Waals surface area contributed by atoms with Crippen LogP contribution in [-0.2, 0) is 70.4 Å². The Morgan fingerprint density at radius 1 is 0.598 bits per heavy atom. The zero-order valence-corrected chi connectivity index (χ0v) is 48.9. The lowest BCUT2D eigenvalue weighted by atomic mass is 9.99. The second kappa shape index (κ2) is 35.6. The predicted molar refractivity (Wildman–Crippen MR) is 306 cm³/mol. The maximum Gasteiger partial charge on any atom is 0.327 e. The molecule has 0 aliphatic carbocycles. The Kier molecular flexibility index (Phi) is 30.8. The number of nitrogens with two attached hydrogens (primary N) is 3. The summed E-state index contributed by atoms with van der Waals surface area (Å²) < 4.78 is 0. The Morgan fingerprint density at radius 2 is 1.07 bits per heavy atom. The number of phenols is 1. The summed E-state index contributed by atoms with van der Waals surface area (Å²) >= 11 is 9.27. The SMILES string of the molecule is CSCC[C@H](NC(=O)[C@H](CC(C)C)NC(=O)[C@H](CCC(N)=O)NC(=O)[C@@H](NC(=O)[C@H](CC(N)=O)NC(=O)[C@@H](NC(=O)[C@@H](N)CS)[C@@H](C)O)C(C)C)C(=O)N[C@@H](Cc1cnc[nH]1)C(=O)N[C@@H](Cc1ccc(O)cc1)C(=O)N[C@@H](CS)C(=O)O. The number of thioether (sulfide) groups is 1. The third kappa shape index (κ3) is 24.9. The van der Waals surface area contributed by atoms with Gasteiger partial charge in [-0.1, -0.05) is 39.8 Å². The predicted octanol–water partition coefficient (Wildman–Crippen LogP) is -4.49. The number of carboxylic acid groups (broad SMARTS) is 1. The average molecular weight is 1210 g/mol. The first-order chi connectivity index (χ1) is 38.5. The molecular weight excluding hydrogens is 1130 g/mol. The van der Waals surface area contributed by atoms with Crippen molar-refractivity contribution in [2.45, 2.75) is 146 Å². The number of aromatic amines is 1. The largest absolute Gasteiger partial charge is 0.508 e. The number of carbonyl (C=O) groups is 12. The van der Waals surface area contributed by atoms with Crippen molar-refractivity contribution in [3.63, 3.8) is 0 Å². The molecule has 0 saturated carbocycles. The molecule has 82 heavy (non-hydrogen) atoms. The fourth-order valence-electron chi connectivity index (χ4n) is 7.68. The fraction of sp³-hybridized carbons (Fsp3) is 0.580. The van der Waals surface area contributed by atoms with Crippen LogP contribution in [0.2, 0.25) is 0 Å². The minimum atomic E-state index is -1.77. The quantitative estimate of drug-likeness (QED) is 0.0284. The highest BCUT2D eigenvalue weighted by Crippen LogP contribution is 2.15. The molecule has 0 fully saturated rings. The van der Waals surface area contributed by atoms with Gasteiger partial charge in [0.1, 0.15) is 60.1 Å². The number of amides is 11. The van der Waals surface area contributed by atoms with Crippen molar-refractivity contribution < 1.29 is 72.9 Å². The van der Waals surface area contributed by atoms with Gasteiger partial charge in [0.05, 0.1) is 24.9 Å². The molecule has 0 aliphatic heterocycles. The van der Waals surface area contributed by atoms with E-state index in [0.717, 1.165) is 6.92 Å². The highest BCUT2D eigenvalue weighted by molar-refractivity contribution is 7.98. The molecule has 456 valence electrons. The van der Waals surface area contributed by atoms with Gasteiger partial charge in [-0.05, 0) is 67.7 Å². The van der Waals surface area contributed by atoms with Crippen LogP contribution in [0.4, 0.5) is 0 Å². The van der Waals surface area contributed by atoms with E-state index in [4.69, 9.17) is 17.2 Å². The van der Waals surface area contributed by atoms with E-state index in [-0.39, 0.29) is 48.9 Å². The highest BCUT2D eigenvalue weighted by Gasteiger charge is 2.37. The molecule has 2 aromatic rings. The van der Waals surface area contributed by atoms with E-state index >= 15 is 0 Å². The molecule has 1 aromatic carbocycles. The number of aliphatic carboxylic acids is 1. The van der Waals surface area contributed by atoms with Gasteiger partial charge in [-0.25, -0.2) is 9.78 Å². The summed E-state index contributed by atoms with van der Waals surface area (Å²) in [6, 6.07) is -9.20. The molecule has 1 aromatic heterocycles. The van der Waals surface area contributed by atoms with Crippen LogP contribution in [0, 0.1) is 11.8 Å². The van der Waals surface area contributed by atoms with Gasteiger partial charge in [-0.3, -0.25) is 52.7 Å². The van der Waals surface area contributed by atoms with Crippen molar-refractivity contribution in [3.05, 3.63) is 48.0 Å². The number of nitrogens with zero attached hydrogens (tertiary/aromatic N) is 1. The van der Waals surface area contributed by atoms with Crippen LogP contribution in [0.25, 0.3) is 0 Å². The number of aromatic hydroxyl groups is 1. The first-order valence-corrected chi connectivity index (χ1v) is 28.6. The average Bonchev–Trinajstić information content (AvgIpc) is 3.94. The third-order valence-corrected chi connectivity index (χ3v) is 13.6. The van der Waals surface area contributed by atoms with E-state index in [2.05, 4.69) is 83.1 Å². The second-order valence-corrected chi connectivity index (χ2v) is 21.6. The first kappa shape index (κ1) is 70.9. The minimum Gasteiger partial charge on any atom is -0.508 e. The zero-order valence-electron chi connectivity index (χ0n) is 46.3. The Bertz CT molecular complexity index is 2510. The molecule has 0 aliphatic rings.